The van der Waals surface area contributed by atoms with Crippen molar-refractivity contribution >= 4 is 23.1 Å². The molecule has 0 aliphatic rings. The van der Waals surface area contributed by atoms with Gasteiger partial charge in [0.2, 0.25) is 0 Å². The Hall–Kier alpha value is 0.976. The van der Waals surface area contributed by atoms with Crippen LogP contribution in [0.3, 0.4) is 0 Å². The second kappa shape index (κ2) is 37.0. The van der Waals surface area contributed by atoms with Crippen molar-refractivity contribution in [2.75, 3.05) is 0 Å². The van der Waals surface area contributed by atoms with E-state index in [2.05, 4.69) is 0 Å². The van der Waals surface area contributed by atoms with Crippen molar-refractivity contribution in [3.8, 4) is 0 Å². The van der Waals surface area contributed by atoms with Gasteiger partial charge in [0.15, 0.2) is 0 Å². The molecule has 0 radical (unpaired) electrons. The molecule has 0 unspecified atom stereocenters. The number of hydrogen-bond acceptors (Lipinski definition) is 0. The van der Waals surface area contributed by atoms with E-state index >= 15 is 0 Å². The van der Waals surface area contributed by atoms with Crippen LogP contribution in [0.4, 0.5) is 0 Å². The van der Waals surface area contributed by atoms with E-state index in [0.29, 0.717) is 0 Å². The molecule has 0 aromatic rings. The molecular weight excluding hydrogens is 89.8 g/mol. The second-order valence-electron chi connectivity index (χ2n) is 0. The van der Waals surface area contributed by atoms with Gasteiger partial charge in [-0.2, -0.15) is 0 Å². The first kappa shape index (κ1) is 82.6. The Kier molecular flexibility index (Phi) is 763. The van der Waals surface area contributed by atoms with Gasteiger partial charge in [0.1, 0.15) is 0 Å². The van der Waals surface area contributed by atoms with Crippen molar-refractivity contribution in [3.63, 3.8) is 0 Å². The first-order valence-electron chi connectivity index (χ1n) is 0. The first-order chi connectivity index (χ1) is 0. The normalized spacial score (nSPS) is 0. The van der Waals surface area contributed by atoms with Gasteiger partial charge in [-0.05, 0) is 0 Å². The van der Waals surface area contributed by atoms with Gasteiger partial charge in [-0.1, -0.05) is 0 Å². The van der Waals surface area contributed by atoms with Gasteiger partial charge in [0.05, 0.1) is 0 Å². The molecular formula is H4ClMgNO. The summed E-state index contributed by atoms with van der Waals surface area (Å²) in [5, 5.41) is 0. The molecule has 0 heterocycles. The zero-order chi connectivity index (χ0) is 0. The molecule has 24 valence electrons. The average molecular weight is 93.8 g/mol. The average Bonchev–Trinajstić information content (AvgIpc) is 0. The molecule has 0 fully saturated rings. The summed E-state index contributed by atoms with van der Waals surface area (Å²) in [7, 11) is 0. The molecule has 0 saturated heterocycles. The van der Waals surface area contributed by atoms with Crippen LogP contribution in [0.15, 0.2) is 0 Å². The molecule has 4 heavy (non-hydrogen) atoms. The van der Waals surface area contributed by atoms with Gasteiger partial charge in [-0.25, -0.2) is 0 Å². The Morgan fingerprint density at radius 2 is 1.00 bits per heavy atom. The van der Waals surface area contributed by atoms with E-state index in [1.165, 1.54) is 0 Å². The summed E-state index contributed by atoms with van der Waals surface area (Å²) in [5.74, 6) is 0. The van der Waals surface area contributed by atoms with Crippen LogP contribution >= 0.6 is 0 Å². The molecule has 0 rings (SSSR count). The minimum atomic E-state index is 0. The van der Waals surface area contributed by atoms with Crippen molar-refractivity contribution in [2.24, 2.45) is 0 Å². The summed E-state index contributed by atoms with van der Waals surface area (Å²) in [6, 6.07) is 0. The van der Waals surface area contributed by atoms with E-state index in [4.69, 9.17) is 0 Å². The molecule has 2 nitrogen and oxygen atoms in total. The van der Waals surface area contributed by atoms with E-state index in [0.717, 1.165) is 0 Å². The zero-order valence-electron chi connectivity index (χ0n) is 2.49. The topological polar surface area (TPSA) is 65.0 Å². The second-order valence-corrected chi connectivity index (χ2v) is 0. The van der Waals surface area contributed by atoms with E-state index in [9.17, 15) is 0 Å². The van der Waals surface area contributed by atoms with Gasteiger partial charge < -0.3 is 24.0 Å². The summed E-state index contributed by atoms with van der Waals surface area (Å²) in [4.78, 5) is 0. The molecule has 4 heteroatoms. The minimum Gasteiger partial charge on any atom is -2.00 e. The number of quaternary nitrogens is 1. The molecule has 0 bridgehead atoms. The van der Waals surface area contributed by atoms with E-state index in [-0.39, 0.29) is 47.1 Å². The molecule has 0 aliphatic heterocycles. The van der Waals surface area contributed by atoms with Gasteiger partial charge in [0, 0.05) is 0 Å². The smallest absolute Gasteiger partial charge is 2.00 e. The third-order valence-corrected chi connectivity index (χ3v) is 0. The fourth-order valence-electron chi connectivity index (χ4n) is 0. The summed E-state index contributed by atoms with van der Waals surface area (Å²) in [5.41, 5.74) is 0. The number of halogens is 1. The number of rotatable bonds is 0. The van der Waals surface area contributed by atoms with Crippen LogP contribution in [0.25, 0.3) is 0 Å². The van der Waals surface area contributed by atoms with Crippen LogP contribution in [0.5, 0.6) is 0 Å². The SMILES string of the molecule is [Cl-].[Mg+2].[NH4+].[O-2]. The predicted molar refractivity (Wildman–Crippen MR) is 12.4 cm³/mol. The summed E-state index contributed by atoms with van der Waals surface area (Å²) < 4.78 is 0. The maximum absolute atomic E-state index is 0. The third-order valence-electron chi connectivity index (χ3n) is 0. The summed E-state index contributed by atoms with van der Waals surface area (Å²) >= 11 is 0. The fourth-order valence-corrected chi connectivity index (χ4v) is 0. The molecule has 4 N–H and O–H groups in total. The van der Waals surface area contributed by atoms with Gasteiger partial charge >= 0.3 is 23.1 Å². The van der Waals surface area contributed by atoms with E-state index in [1.54, 1.807) is 0 Å². The Balaban J connectivity index is 0. The molecule has 0 aromatic heterocycles. The van der Waals surface area contributed by atoms with Crippen molar-refractivity contribution in [1.82, 2.24) is 6.15 Å². The molecule has 0 aromatic carbocycles. The summed E-state index contributed by atoms with van der Waals surface area (Å²) in [6.07, 6.45) is 0. The first-order valence-corrected chi connectivity index (χ1v) is 0. The predicted octanol–water partition coefficient (Wildman–Crippen LogP) is -3.12. The Labute approximate surface area is 47.4 Å². The van der Waals surface area contributed by atoms with Gasteiger partial charge in [-0.15, -0.1) is 0 Å². The fraction of sp³-hybridized carbons (Fsp3) is 0. The van der Waals surface area contributed by atoms with Gasteiger partial charge in [0.25, 0.3) is 0 Å². The third kappa shape index (κ3) is 12.2. The zero-order valence-corrected chi connectivity index (χ0v) is 4.66. The van der Waals surface area contributed by atoms with Crippen LogP contribution in [-0.4, -0.2) is 23.1 Å². The Morgan fingerprint density at radius 1 is 1.00 bits per heavy atom. The quantitative estimate of drug-likeness (QED) is 0.308. The molecule has 0 saturated carbocycles. The molecule has 0 spiro atoms. The molecule has 0 atom stereocenters. The van der Waals surface area contributed by atoms with Crippen LogP contribution in [0.1, 0.15) is 0 Å². The van der Waals surface area contributed by atoms with Crippen molar-refractivity contribution in [2.45, 2.75) is 0 Å². The van der Waals surface area contributed by atoms with Crippen LogP contribution in [0, 0.1) is 0 Å². The van der Waals surface area contributed by atoms with Crippen molar-refractivity contribution < 1.29 is 17.9 Å². The summed E-state index contributed by atoms with van der Waals surface area (Å²) in [6.45, 7) is 0. The van der Waals surface area contributed by atoms with Crippen molar-refractivity contribution in [1.29, 1.82) is 0 Å². The van der Waals surface area contributed by atoms with Crippen LogP contribution in [-0.2, 0) is 5.48 Å². The van der Waals surface area contributed by atoms with E-state index in [1.807, 2.05) is 0 Å². The molecule has 0 amide bonds. The number of hydrogen-bond donors (Lipinski definition) is 1. The molecule has 0 aliphatic carbocycles. The minimum absolute atomic E-state index is 0. The van der Waals surface area contributed by atoms with Crippen molar-refractivity contribution in [3.05, 3.63) is 0 Å². The standard InChI is InChI=1S/ClH.Mg.H3N.O/h1H;;1H3;/q;+2;;-2. The largest absolute Gasteiger partial charge is 2.00 e. The van der Waals surface area contributed by atoms with Crippen LogP contribution in [0.2, 0.25) is 0 Å². The van der Waals surface area contributed by atoms with Crippen LogP contribution < -0.4 is 18.6 Å². The maximum atomic E-state index is 0. The Morgan fingerprint density at radius 3 is 1.00 bits per heavy atom. The van der Waals surface area contributed by atoms with E-state index < -0.39 is 0 Å². The monoisotopic (exact) mass is 93.0 g/mol. The van der Waals surface area contributed by atoms with Gasteiger partial charge in [-0.3, -0.25) is 0 Å². The Bertz CT molecular complexity index is 8.00. The maximum Gasteiger partial charge on any atom is 2.00 e.